The molecule has 0 saturated carbocycles. The summed E-state index contributed by atoms with van der Waals surface area (Å²) in [5.41, 5.74) is -0.250. The van der Waals surface area contributed by atoms with Gasteiger partial charge >= 0.3 is 12.1 Å². The molecule has 2 amide bonds. The van der Waals surface area contributed by atoms with Crippen LogP contribution in [0.4, 0.5) is 4.79 Å². The summed E-state index contributed by atoms with van der Waals surface area (Å²) in [6.07, 6.45) is 2.92. The molecular weight excluding hydrogens is 502 g/mol. The van der Waals surface area contributed by atoms with Gasteiger partial charge in [0.15, 0.2) is 17.7 Å². The number of cyclic esters (lactones) is 1. The summed E-state index contributed by atoms with van der Waals surface area (Å²) in [4.78, 5) is 65.7. The Morgan fingerprint density at radius 3 is 2.28 bits per heavy atom. The quantitative estimate of drug-likeness (QED) is 0.198. The van der Waals surface area contributed by atoms with Crippen molar-refractivity contribution in [3.05, 3.63) is 48.0 Å². The van der Waals surface area contributed by atoms with Crippen molar-refractivity contribution in [3.63, 3.8) is 0 Å². The fraction of sp³-hybridized carbons (Fsp3) is 0.567. The second kappa shape index (κ2) is 14.7. The Kier molecular flexibility index (Phi) is 12.0. The number of ketones is 2. The van der Waals surface area contributed by atoms with Crippen LogP contribution in [0.1, 0.15) is 72.3 Å². The number of allylic oxidation sites excluding steroid dienone is 1. The Balaban J connectivity index is 2.38. The smallest absolute Gasteiger partial charge is 0.417 e. The number of imide groups is 1. The van der Waals surface area contributed by atoms with Crippen molar-refractivity contribution in [2.24, 2.45) is 11.8 Å². The first kappa shape index (κ1) is 31.9. The summed E-state index contributed by atoms with van der Waals surface area (Å²) >= 11 is 0. The second-order valence-electron chi connectivity index (χ2n) is 10.8. The van der Waals surface area contributed by atoms with Crippen LogP contribution < -0.4 is 0 Å². The molecule has 9 nitrogen and oxygen atoms in total. The molecule has 1 aromatic carbocycles. The number of hydrogen-bond donors (Lipinski definition) is 1. The average molecular weight is 544 g/mol. The fourth-order valence-corrected chi connectivity index (χ4v) is 5.09. The third-order valence-electron chi connectivity index (χ3n) is 6.73. The molecule has 0 aliphatic carbocycles. The number of esters is 1. The van der Waals surface area contributed by atoms with Crippen LogP contribution >= 0.6 is 0 Å². The molecule has 1 aromatic rings. The number of hydrogen-bond acceptors (Lipinski definition) is 8. The Morgan fingerprint density at radius 2 is 1.69 bits per heavy atom. The van der Waals surface area contributed by atoms with Gasteiger partial charge in [0.1, 0.15) is 5.60 Å². The highest BCUT2D eigenvalue weighted by Gasteiger charge is 2.54. The SMILES string of the molecule is CC(=O)O[C@@H](C(=O)C=CC(=O)CCCCCCO)[C@@H](Cc1ccccc1)C(=O)N1C(=O)OC(C)(C)[C@H]1C(C)C. The number of carbonyl (C=O) groups is 5. The van der Waals surface area contributed by atoms with Gasteiger partial charge in [0, 0.05) is 20.0 Å². The number of benzene rings is 1. The van der Waals surface area contributed by atoms with Gasteiger partial charge < -0.3 is 14.6 Å². The number of amides is 2. The molecule has 3 atom stereocenters. The number of unbranched alkanes of at least 4 members (excludes halogenated alkanes) is 3. The summed E-state index contributed by atoms with van der Waals surface area (Å²) < 4.78 is 10.9. The van der Waals surface area contributed by atoms with Crippen LogP contribution in [-0.4, -0.2) is 63.9 Å². The van der Waals surface area contributed by atoms with Crippen molar-refractivity contribution in [2.45, 2.75) is 90.9 Å². The lowest BCUT2D eigenvalue weighted by Crippen LogP contribution is -2.53. The average Bonchev–Trinajstić information content (AvgIpc) is 3.12. The van der Waals surface area contributed by atoms with Crippen LogP contribution in [0, 0.1) is 11.8 Å². The molecule has 1 saturated heterocycles. The monoisotopic (exact) mass is 543 g/mol. The van der Waals surface area contributed by atoms with Crippen LogP contribution in [0.5, 0.6) is 0 Å². The summed E-state index contributed by atoms with van der Waals surface area (Å²) in [5, 5.41) is 8.86. The zero-order valence-electron chi connectivity index (χ0n) is 23.6. The highest BCUT2D eigenvalue weighted by molar-refractivity contribution is 6.05. The molecule has 0 spiro atoms. The van der Waals surface area contributed by atoms with Gasteiger partial charge in [-0.1, -0.05) is 57.0 Å². The van der Waals surface area contributed by atoms with E-state index in [0.29, 0.717) is 18.4 Å². The van der Waals surface area contributed by atoms with E-state index in [4.69, 9.17) is 14.6 Å². The van der Waals surface area contributed by atoms with Crippen molar-refractivity contribution in [3.8, 4) is 0 Å². The van der Waals surface area contributed by atoms with Crippen molar-refractivity contribution >= 4 is 29.5 Å². The molecule has 214 valence electrons. The molecule has 0 unspecified atom stereocenters. The number of nitrogens with zero attached hydrogens (tertiary/aromatic N) is 1. The molecule has 1 aliphatic rings. The van der Waals surface area contributed by atoms with E-state index >= 15 is 0 Å². The topological polar surface area (TPSA) is 127 Å². The maximum absolute atomic E-state index is 14.0. The lowest BCUT2D eigenvalue weighted by Gasteiger charge is -2.34. The second-order valence-corrected chi connectivity index (χ2v) is 10.8. The van der Waals surface area contributed by atoms with E-state index in [1.807, 2.05) is 19.9 Å². The van der Waals surface area contributed by atoms with Crippen LogP contribution in [-0.2, 0) is 35.1 Å². The third kappa shape index (κ3) is 9.13. The Bertz CT molecular complexity index is 1050. The van der Waals surface area contributed by atoms with Gasteiger partial charge in [-0.2, -0.15) is 0 Å². The first-order chi connectivity index (χ1) is 18.4. The molecule has 0 radical (unpaired) electrons. The first-order valence-electron chi connectivity index (χ1n) is 13.5. The summed E-state index contributed by atoms with van der Waals surface area (Å²) in [6, 6.07) is 8.32. The molecule has 1 aliphatic heterocycles. The molecule has 1 N–H and O–H groups in total. The van der Waals surface area contributed by atoms with E-state index in [1.165, 1.54) is 0 Å². The summed E-state index contributed by atoms with van der Waals surface area (Å²) in [6.45, 7) is 8.42. The Morgan fingerprint density at radius 1 is 1.05 bits per heavy atom. The van der Waals surface area contributed by atoms with E-state index in [2.05, 4.69) is 0 Å². The Hall–Kier alpha value is -3.33. The lowest BCUT2D eigenvalue weighted by atomic mass is 9.85. The van der Waals surface area contributed by atoms with Gasteiger partial charge in [0.2, 0.25) is 5.91 Å². The maximum atomic E-state index is 14.0. The van der Waals surface area contributed by atoms with Crippen LogP contribution in [0.2, 0.25) is 0 Å². The molecular formula is C30H41NO8. The first-order valence-corrected chi connectivity index (χ1v) is 13.5. The van der Waals surface area contributed by atoms with Crippen molar-refractivity contribution < 1.29 is 38.6 Å². The third-order valence-corrected chi connectivity index (χ3v) is 6.73. The largest absolute Gasteiger partial charge is 0.453 e. The molecule has 0 bridgehead atoms. The molecule has 0 aromatic heterocycles. The van der Waals surface area contributed by atoms with E-state index in [9.17, 15) is 24.0 Å². The van der Waals surface area contributed by atoms with E-state index in [-0.39, 0.29) is 31.1 Å². The summed E-state index contributed by atoms with van der Waals surface area (Å²) in [7, 11) is 0. The minimum Gasteiger partial charge on any atom is -0.453 e. The number of ether oxygens (including phenoxy) is 2. The van der Waals surface area contributed by atoms with E-state index in [0.717, 1.165) is 36.8 Å². The predicted octanol–water partition coefficient (Wildman–Crippen LogP) is 4.20. The van der Waals surface area contributed by atoms with Crippen molar-refractivity contribution in [1.82, 2.24) is 4.90 Å². The zero-order chi connectivity index (χ0) is 29.2. The zero-order valence-corrected chi connectivity index (χ0v) is 23.6. The highest BCUT2D eigenvalue weighted by Crippen LogP contribution is 2.36. The van der Waals surface area contributed by atoms with Gasteiger partial charge in [-0.3, -0.25) is 19.2 Å². The van der Waals surface area contributed by atoms with Crippen molar-refractivity contribution in [2.75, 3.05) is 6.61 Å². The molecule has 1 fully saturated rings. The van der Waals surface area contributed by atoms with Gasteiger partial charge in [-0.25, -0.2) is 9.69 Å². The minimum atomic E-state index is -1.55. The number of aliphatic hydroxyl groups excluding tert-OH is 1. The lowest BCUT2D eigenvalue weighted by molar-refractivity contribution is -0.159. The molecule has 1 heterocycles. The Labute approximate surface area is 230 Å². The number of aliphatic hydroxyl groups is 1. The van der Waals surface area contributed by atoms with Crippen molar-refractivity contribution in [1.29, 1.82) is 0 Å². The summed E-state index contributed by atoms with van der Waals surface area (Å²) in [5.74, 6) is -3.83. The van der Waals surface area contributed by atoms with Gasteiger partial charge in [0.05, 0.1) is 12.0 Å². The number of carbonyl (C=O) groups excluding carboxylic acids is 5. The van der Waals surface area contributed by atoms with E-state index < -0.39 is 47.4 Å². The van der Waals surface area contributed by atoms with Crippen LogP contribution in [0.25, 0.3) is 0 Å². The van der Waals surface area contributed by atoms with Gasteiger partial charge in [0.25, 0.3) is 0 Å². The molecule has 9 heteroatoms. The minimum absolute atomic E-state index is 0.0189. The number of rotatable bonds is 15. The van der Waals surface area contributed by atoms with Gasteiger partial charge in [-0.05, 0) is 56.7 Å². The van der Waals surface area contributed by atoms with Crippen LogP contribution in [0.15, 0.2) is 42.5 Å². The normalized spacial score (nSPS) is 18.2. The fourth-order valence-electron chi connectivity index (χ4n) is 5.09. The van der Waals surface area contributed by atoms with E-state index in [1.54, 1.807) is 38.1 Å². The highest BCUT2D eigenvalue weighted by atomic mass is 16.6. The predicted molar refractivity (Wildman–Crippen MR) is 145 cm³/mol. The maximum Gasteiger partial charge on any atom is 0.417 e. The standard InChI is InChI=1S/C30H41NO8/c1-20(2)27-30(4,5)39-29(37)31(27)28(36)24(19-22-13-9-8-10-14-22)26(38-21(3)33)25(35)17-16-23(34)15-11-6-7-12-18-32/h8-10,13-14,16-17,20,24,26-27,32H,6-7,11-12,15,18-19H2,1-5H3/t24-,26-,27-/m1/s1. The molecule has 2 rings (SSSR count). The molecule has 39 heavy (non-hydrogen) atoms. The van der Waals surface area contributed by atoms with Gasteiger partial charge in [-0.15, -0.1) is 0 Å². The van der Waals surface area contributed by atoms with Crippen LogP contribution in [0.3, 0.4) is 0 Å².